The van der Waals surface area contributed by atoms with E-state index in [4.69, 9.17) is 9.47 Å². The molecule has 1 heterocycles. The van der Waals surface area contributed by atoms with E-state index in [0.717, 1.165) is 11.1 Å². The van der Waals surface area contributed by atoms with Crippen molar-refractivity contribution in [3.63, 3.8) is 0 Å². The number of ether oxygens (including phenoxy) is 2. The number of hydrogen-bond donors (Lipinski definition) is 2. The predicted octanol–water partition coefficient (Wildman–Crippen LogP) is 1.42. The molecule has 0 aromatic heterocycles. The quantitative estimate of drug-likeness (QED) is 0.856. The average Bonchev–Trinajstić information content (AvgIpc) is 3.27. The highest BCUT2D eigenvalue weighted by Gasteiger charge is 2.51. The van der Waals surface area contributed by atoms with Gasteiger partial charge in [0, 0.05) is 30.8 Å². The third kappa shape index (κ3) is 2.42. The van der Waals surface area contributed by atoms with E-state index < -0.39 is 17.5 Å². The number of β-amino-alcohol motifs (C(OH)–C–C–N with tert-alkyl or cyclic N) is 1. The molecule has 1 aliphatic carbocycles. The molecule has 2 aliphatic rings. The van der Waals surface area contributed by atoms with Gasteiger partial charge in [-0.05, 0) is 25.0 Å². The summed E-state index contributed by atoms with van der Waals surface area (Å²) in [5, 5.41) is 19.8. The van der Waals surface area contributed by atoms with Crippen molar-refractivity contribution >= 4 is 5.97 Å². The second-order valence-corrected chi connectivity index (χ2v) is 6.13. The van der Waals surface area contributed by atoms with E-state index in [1.165, 1.54) is 0 Å². The monoisotopic (exact) mass is 307 g/mol. The van der Waals surface area contributed by atoms with Gasteiger partial charge in [-0.3, -0.25) is 9.69 Å². The number of aliphatic carboxylic acids is 1. The molecule has 1 saturated carbocycles. The first-order valence-electron chi connectivity index (χ1n) is 7.38. The second-order valence-electron chi connectivity index (χ2n) is 6.13. The normalized spacial score (nSPS) is 22.8. The Bertz CT molecular complexity index is 596. The van der Waals surface area contributed by atoms with Crippen LogP contribution in [0.25, 0.3) is 0 Å². The topological polar surface area (TPSA) is 79.2 Å². The van der Waals surface area contributed by atoms with E-state index in [1.54, 1.807) is 20.3 Å². The number of carboxylic acids is 1. The van der Waals surface area contributed by atoms with Crippen molar-refractivity contribution in [1.29, 1.82) is 0 Å². The molecule has 0 saturated heterocycles. The van der Waals surface area contributed by atoms with Crippen molar-refractivity contribution in [2.75, 3.05) is 27.3 Å². The summed E-state index contributed by atoms with van der Waals surface area (Å²) in [6, 6.07) is 3.61. The molecule has 6 nitrogen and oxygen atoms in total. The number of rotatable bonds is 5. The summed E-state index contributed by atoms with van der Waals surface area (Å²) < 4.78 is 10.7. The van der Waals surface area contributed by atoms with Crippen LogP contribution >= 0.6 is 0 Å². The van der Waals surface area contributed by atoms with Crippen molar-refractivity contribution in [1.82, 2.24) is 4.90 Å². The standard InChI is InChI=1S/C16H21NO5/c1-21-12-3-4-13(22-2)14-10(12)7-17(8-11(14)18)9-16(5-6-16)15(19)20/h3-4,11,18H,5-9H2,1-2H3,(H,19,20). The first-order valence-corrected chi connectivity index (χ1v) is 7.38. The molecule has 0 bridgehead atoms. The number of carbonyl (C=O) groups is 1. The highest BCUT2D eigenvalue weighted by Crippen LogP contribution is 2.48. The number of hydrogen-bond acceptors (Lipinski definition) is 5. The Morgan fingerprint density at radius 1 is 1.32 bits per heavy atom. The maximum Gasteiger partial charge on any atom is 0.310 e. The summed E-state index contributed by atoms with van der Waals surface area (Å²) in [6.45, 7) is 1.42. The lowest BCUT2D eigenvalue weighted by Gasteiger charge is -2.35. The number of aliphatic hydroxyl groups excluding tert-OH is 1. The van der Waals surface area contributed by atoms with Crippen LogP contribution in [0.3, 0.4) is 0 Å². The maximum absolute atomic E-state index is 11.4. The van der Waals surface area contributed by atoms with Gasteiger partial charge in [0.25, 0.3) is 0 Å². The number of fused-ring (bicyclic) bond motifs is 1. The van der Waals surface area contributed by atoms with Crippen LogP contribution in [-0.2, 0) is 11.3 Å². The van der Waals surface area contributed by atoms with Gasteiger partial charge in [-0.15, -0.1) is 0 Å². The van der Waals surface area contributed by atoms with Crippen LogP contribution in [0.4, 0.5) is 0 Å². The molecule has 1 aliphatic heterocycles. The number of carboxylic acid groups (broad SMARTS) is 1. The molecule has 22 heavy (non-hydrogen) atoms. The summed E-state index contributed by atoms with van der Waals surface area (Å²) >= 11 is 0. The van der Waals surface area contributed by atoms with Crippen molar-refractivity contribution in [3.8, 4) is 11.5 Å². The van der Waals surface area contributed by atoms with Gasteiger partial charge in [0.2, 0.25) is 0 Å². The van der Waals surface area contributed by atoms with Crippen molar-refractivity contribution in [2.45, 2.75) is 25.5 Å². The zero-order chi connectivity index (χ0) is 15.9. The van der Waals surface area contributed by atoms with Gasteiger partial charge in [-0.1, -0.05) is 0 Å². The minimum atomic E-state index is -0.745. The largest absolute Gasteiger partial charge is 0.496 e. The van der Waals surface area contributed by atoms with E-state index in [2.05, 4.69) is 0 Å². The number of aliphatic hydroxyl groups is 1. The van der Waals surface area contributed by atoms with Gasteiger partial charge in [0.15, 0.2) is 0 Å². The summed E-state index contributed by atoms with van der Waals surface area (Å²) in [5.74, 6) is 0.590. The smallest absolute Gasteiger partial charge is 0.310 e. The summed E-state index contributed by atoms with van der Waals surface area (Å²) in [5.41, 5.74) is 0.989. The second kappa shape index (κ2) is 5.44. The van der Waals surface area contributed by atoms with Crippen LogP contribution in [0.15, 0.2) is 12.1 Å². The van der Waals surface area contributed by atoms with Gasteiger partial charge >= 0.3 is 5.97 Å². The Morgan fingerprint density at radius 3 is 2.50 bits per heavy atom. The Balaban J connectivity index is 1.90. The van der Waals surface area contributed by atoms with Crippen molar-refractivity contribution < 1.29 is 24.5 Å². The molecule has 0 radical (unpaired) electrons. The van der Waals surface area contributed by atoms with E-state index in [9.17, 15) is 15.0 Å². The Morgan fingerprint density at radius 2 is 1.95 bits per heavy atom. The predicted molar refractivity (Wildman–Crippen MR) is 79.1 cm³/mol. The molecule has 1 aromatic rings. The number of benzene rings is 1. The van der Waals surface area contributed by atoms with Gasteiger partial charge in [0.05, 0.1) is 25.7 Å². The van der Waals surface area contributed by atoms with Gasteiger partial charge in [-0.2, -0.15) is 0 Å². The number of nitrogens with zero attached hydrogens (tertiary/aromatic N) is 1. The first kappa shape index (κ1) is 15.1. The maximum atomic E-state index is 11.4. The molecule has 1 unspecified atom stereocenters. The molecule has 120 valence electrons. The molecular weight excluding hydrogens is 286 g/mol. The van der Waals surface area contributed by atoms with Crippen LogP contribution in [0, 0.1) is 5.41 Å². The van der Waals surface area contributed by atoms with E-state index in [1.807, 2.05) is 11.0 Å². The minimum absolute atomic E-state index is 0.408. The zero-order valence-corrected chi connectivity index (χ0v) is 12.8. The van der Waals surface area contributed by atoms with Gasteiger partial charge in [0.1, 0.15) is 11.5 Å². The molecule has 6 heteroatoms. The molecule has 0 amide bonds. The Kier molecular flexibility index (Phi) is 3.74. The van der Waals surface area contributed by atoms with E-state index >= 15 is 0 Å². The van der Waals surface area contributed by atoms with Crippen molar-refractivity contribution in [3.05, 3.63) is 23.3 Å². The third-order valence-corrected chi connectivity index (χ3v) is 4.69. The van der Waals surface area contributed by atoms with E-state index in [-0.39, 0.29) is 0 Å². The van der Waals surface area contributed by atoms with Gasteiger partial charge in [-0.25, -0.2) is 0 Å². The minimum Gasteiger partial charge on any atom is -0.496 e. The summed E-state index contributed by atoms with van der Waals surface area (Å²) in [4.78, 5) is 13.4. The van der Waals surface area contributed by atoms with Crippen LogP contribution in [-0.4, -0.2) is 48.4 Å². The first-order chi connectivity index (χ1) is 10.5. The Labute approximate surface area is 129 Å². The summed E-state index contributed by atoms with van der Waals surface area (Å²) in [6.07, 6.45) is 0.701. The average molecular weight is 307 g/mol. The fourth-order valence-electron chi connectivity index (χ4n) is 3.28. The van der Waals surface area contributed by atoms with Crippen LogP contribution in [0.2, 0.25) is 0 Å². The summed E-state index contributed by atoms with van der Waals surface area (Å²) in [7, 11) is 3.16. The SMILES string of the molecule is COc1ccc(OC)c2c1CN(CC1(C(=O)O)CC1)CC2O. The molecule has 0 spiro atoms. The highest BCUT2D eigenvalue weighted by atomic mass is 16.5. The molecule has 1 fully saturated rings. The molecular formula is C16H21NO5. The van der Waals surface area contributed by atoms with Crippen molar-refractivity contribution in [2.24, 2.45) is 5.41 Å². The fourth-order valence-corrected chi connectivity index (χ4v) is 3.28. The Hall–Kier alpha value is -1.79. The number of methoxy groups -OCH3 is 2. The lowest BCUT2D eigenvalue weighted by atomic mass is 9.94. The molecule has 1 atom stereocenters. The molecule has 2 N–H and O–H groups in total. The van der Waals surface area contributed by atoms with Crippen LogP contribution < -0.4 is 9.47 Å². The lowest BCUT2D eigenvalue weighted by Crippen LogP contribution is -2.40. The van der Waals surface area contributed by atoms with Gasteiger partial charge < -0.3 is 19.7 Å². The fraction of sp³-hybridized carbons (Fsp3) is 0.562. The van der Waals surface area contributed by atoms with Crippen LogP contribution in [0.5, 0.6) is 11.5 Å². The third-order valence-electron chi connectivity index (χ3n) is 4.69. The lowest BCUT2D eigenvalue weighted by molar-refractivity contribution is -0.144. The van der Waals surface area contributed by atoms with Crippen LogP contribution in [0.1, 0.15) is 30.1 Å². The molecule has 3 rings (SSSR count). The highest BCUT2D eigenvalue weighted by molar-refractivity contribution is 5.78. The zero-order valence-electron chi connectivity index (χ0n) is 12.8. The molecule has 1 aromatic carbocycles. The van der Waals surface area contributed by atoms with E-state index in [0.29, 0.717) is 44.0 Å².